The van der Waals surface area contributed by atoms with Gasteiger partial charge in [-0.3, -0.25) is 14.5 Å². The van der Waals surface area contributed by atoms with E-state index in [1.807, 2.05) is 75.1 Å². The molecule has 1 atom stereocenters. The van der Waals surface area contributed by atoms with Crippen molar-refractivity contribution >= 4 is 23.5 Å². The normalized spacial score (nSPS) is 15.3. The van der Waals surface area contributed by atoms with Crippen LogP contribution in [0.1, 0.15) is 52.1 Å². The average Bonchev–Trinajstić information content (AvgIpc) is 2.87. The third-order valence-electron chi connectivity index (χ3n) is 6.69. The predicted molar refractivity (Wildman–Crippen MR) is 136 cm³/mol. The fourth-order valence-corrected chi connectivity index (χ4v) is 4.51. The zero-order valence-electron chi connectivity index (χ0n) is 20.9. The molecule has 1 saturated heterocycles. The second kappa shape index (κ2) is 12.5. The van der Waals surface area contributed by atoms with Gasteiger partial charge >= 0.3 is 0 Å². The summed E-state index contributed by atoms with van der Waals surface area (Å²) in [4.78, 5) is 32.0. The second-order valence-electron chi connectivity index (χ2n) is 8.63. The van der Waals surface area contributed by atoms with Crippen LogP contribution in [0.5, 0.6) is 0 Å². The lowest BCUT2D eigenvalue weighted by atomic mass is 10.0. The van der Waals surface area contributed by atoms with Crippen LogP contribution in [0.4, 0.5) is 11.6 Å². The van der Waals surface area contributed by atoms with Gasteiger partial charge in [-0.15, -0.1) is 10.2 Å². The Labute approximate surface area is 203 Å². The summed E-state index contributed by atoms with van der Waals surface area (Å²) < 4.78 is 0. The van der Waals surface area contributed by atoms with Gasteiger partial charge in [-0.05, 0) is 44.4 Å². The van der Waals surface area contributed by atoms with Crippen LogP contribution < -0.4 is 10.2 Å². The van der Waals surface area contributed by atoms with E-state index in [4.69, 9.17) is 0 Å². The fraction of sp³-hybridized carbons (Fsp3) is 0.538. The number of carbonyl (C=O) groups is 2. The van der Waals surface area contributed by atoms with Gasteiger partial charge in [0, 0.05) is 45.2 Å². The summed E-state index contributed by atoms with van der Waals surface area (Å²) in [5, 5.41) is 11.4. The van der Waals surface area contributed by atoms with Crippen LogP contribution in [-0.4, -0.2) is 71.1 Å². The number of piperazine rings is 1. The van der Waals surface area contributed by atoms with Crippen LogP contribution in [-0.2, 0) is 9.59 Å². The standard InChI is InChI=1S/C26H38N6O2/c1-5-20(6-2)25(33)27-22-14-15-23(29-28-22)31-16-18-32(19-17-31)24(21-12-10-9-11-13-21)26(34)30(7-3)8-4/h9-15,20,24H,5-8,16-19H2,1-4H3,(H,27,28,33). The van der Waals surface area contributed by atoms with E-state index in [0.29, 0.717) is 18.9 Å². The molecule has 3 rings (SSSR count). The molecule has 2 amide bonds. The Bertz CT molecular complexity index is 905. The van der Waals surface area contributed by atoms with Crippen molar-refractivity contribution in [2.75, 3.05) is 49.5 Å². The summed E-state index contributed by atoms with van der Waals surface area (Å²) in [6.07, 6.45) is 1.61. The number of nitrogens with one attached hydrogen (secondary N) is 1. The zero-order valence-corrected chi connectivity index (χ0v) is 20.9. The smallest absolute Gasteiger partial charge is 0.244 e. The molecule has 1 aliphatic rings. The number of rotatable bonds is 10. The first kappa shape index (κ1) is 25.6. The summed E-state index contributed by atoms with van der Waals surface area (Å²) in [6.45, 7) is 12.5. The number of benzene rings is 1. The van der Waals surface area contributed by atoms with E-state index in [0.717, 1.165) is 50.4 Å². The number of nitrogens with zero attached hydrogens (tertiary/aromatic N) is 5. The van der Waals surface area contributed by atoms with Crippen LogP contribution in [0, 0.1) is 5.92 Å². The number of hydrogen-bond acceptors (Lipinski definition) is 6. The van der Waals surface area contributed by atoms with Crippen molar-refractivity contribution in [1.29, 1.82) is 0 Å². The van der Waals surface area contributed by atoms with Gasteiger partial charge in [0.25, 0.3) is 0 Å². The van der Waals surface area contributed by atoms with E-state index < -0.39 is 0 Å². The van der Waals surface area contributed by atoms with E-state index in [1.165, 1.54) is 0 Å². The van der Waals surface area contributed by atoms with E-state index in [2.05, 4.69) is 25.3 Å². The lowest BCUT2D eigenvalue weighted by molar-refractivity contribution is -0.137. The largest absolute Gasteiger partial charge is 0.353 e. The highest BCUT2D eigenvalue weighted by Crippen LogP contribution is 2.26. The molecule has 34 heavy (non-hydrogen) atoms. The Morgan fingerprint density at radius 3 is 2.09 bits per heavy atom. The number of carbonyl (C=O) groups excluding carboxylic acids is 2. The molecule has 8 heteroatoms. The lowest BCUT2D eigenvalue weighted by Crippen LogP contribution is -2.52. The first-order valence-corrected chi connectivity index (χ1v) is 12.5. The predicted octanol–water partition coefficient (Wildman–Crippen LogP) is 3.58. The molecule has 1 aromatic carbocycles. The summed E-state index contributed by atoms with van der Waals surface area (Å²) in [5.74, 6) is 1.40. The Balaban J connectivity index is 1.66. The van der Waals surface area contributed by atoms with Crippen molar-refractivity contribution in [1.82, 2.24) is 20.0 Å². The van der Waals surface area contributed by atoms with Crippen molar-refractivity contribution in [3.05, 3.63) is 48.0 Å². The van der Waals surface area contributed by atoms with Crippen LogP contribution in [0.25, 0.3) is 0 Å². The van der Waals surface area contributed by atoms with Gasteiger partial charge < -0.3 is 15.1 Å². The fourth-order valence-electron chi connectivity index (χ4n) is 4.51. The zero-order chi connectivity index (χ0) is 24.5. The molecule has 2 aromatic rings. The quantitative estimate of drug-likeness (QED) is 0.576. The second-order valence-corrected chi connectivity index (χ2v) is 8.63. The molecule has 0 aliphatic carbocycles. The highest BCUT2D eigenvalue weighted by molar-refractivity contribution is 5.91. The van der Waals surface area contributed by atoms with Crippen LogP contribution in [0.15, 0.2) is 42.5 Å². The van der Waals surface area contributed by atoms with E-state index in [9.17, 15) is 9.59 Å². The molecule has 184 valence electrons. The molecule has 1 aliphatic heterocycles. The van der Waals surface area contributed by atoms with Gasteiger partial charge in [0.1, 0.15) is 6.04 Å². The Morgan fingerprint density at radius 1 is 0.912 bits per heavy atom. The van der Waals surface area contributed by atoms with Crippen molar-refractivity contribution in [2.45, 2.75) is 46.6 Å². The van der Waals surface area contributed by atoms with Crippen molar-refractivity contribution in [2.24, 2.45) is 5.92 Å². The van der Waals surface area contributed by atoms with Crippen molar-refractivity contribution in [3.63, 3.8) is 0 Å². The number of anilines is 2. The summed E-state index contributed by atoms with van der Waals surface area (Å²) >= 11 is 0. The highest BCUT2D eigenvalue weighted by atomic mass is 16.2. The van der Waals surface area contributed by atoms with Gasteiger partial charge in [0.2, 0.25) is 11.8 Å². The van der Waals surface area contributed by atoms with Crippen molar-refractivity contribution in [3.8, 4) is 0 Å². The Hall–Kier alpha value is -3.00. The van der Waals surface area contributed by atoms with Gasteiger partial charge in [0.15, 0.2) is 11.6 Å². The first-order chi connectivity index (χ1) is 16.5. The molecule has 8 nitrogen and oxygen atoms in total. The lowest BCUT2D eigenvalue weighted by Gasteiger charge is -2.40. The molecule has 1 unspecified atom stereocenters. The SMILES string of the molecule is CCC(CC)C(=O)Nc1ccc(N2CCN(C(C(=O)N(CC)CC)c3ccccc3)CC2)nn1. The Kier molecular flexibility index (Phi) is 9.39. The van der Waals surface area contributed by atoms with Gasteiger partial charge in [0.05, 0.1) is 0 Å². The molecule has 1 fully saturated rings. The number of hydrogen-bond donors (Lipinski definition) is 1. The van der Waals surface area contributed by atoms with E-state index in [1.54, 1.807) is 0 Å². The van der Waals surface area contributed by atoms with Gasteiger partial charge in [-0.1, -0.05) is 44.2 Å². The highest BCUT2D eigenvalue weighted by Gasteiger charge is 2.32. The monoisotopic (exact) mass is 466 g/mol. The van der Waals surface area contributed by atoms with E-state index in [-0.39, 0.29) is 23.8 Å². The maximum atomic E-state index is 13.4. The summed E-state index contributed by atoms with van der Waals surface area (Å²) in [5.41, 5.74) is 1.03. The molecular formula is C26H38N6O2. The third kappa shape index (κ3) is 6.11. The average molecular weight is 467 g/mol. The number of amides is 2. The molecular weight excluding hydrogens is 428 g/mol. The summed E-state index contributed by atoms with van der Waals surface area (Å²) in [7, 11) is 0. The minimum atomic E-state index is -0.281. The molecule has 1 aromatic heterocycles. The first-order valence-electron chi connectivity index (χ1n) is 12.5. The molecule has 0 radical (unpaired) electrons. The van der Waals surface area contributed by atoms with Gasteiger partial charge in [-0.2, -0.15) is 0 Å². The topological polar surface area (TPSA) is 81.7 Å². The molecule has 0 saturated carbocycles. The number of aromatic nitrogens is 2. The molecule has 0 bridgehead atoms. The van der Waals surface area contributed by atoms with E-state index >= 15 is 0 Å². The van der Waals surface area contributed by atoms with Crippen LogP contribution in [0.3, 0.4) is 0 Å². The summed E-state index contributed by atoms with van der Waals surface area (Å²) in [6, 6.07) is 13.5. The van der Waals surface area contributed by atoms with Crippen molar-refractivity contribution < 1.29 is 9.59 Å². The van der Waals surface area contributed by atoms with Crippen LogP contribution >= 0.6 is 0 Å². The maximum Gasteiger partial charge on any atom is 0.244 e. The molecule has 2 heterocycles. The molecule has 1 N–H and O–H groups in total. The molecule has 0 spiro atoms. The number of likely N-dealkylation sites (N-methyl/N-ethyl adjacent to an activating group) is 1. The minimum absolute atomic E-state index is 0.00818. The minimum Gasteiger partial charge on any atom is -0.353 e. The maximum absolute atomic E-state index is 13.4. The third-order valence-corrected chi connectivity index (χ3v) is 6.69. The Morgan fingerprint density at radius 2 is 1.56 bits per heavy atom. The van der Waals surface area contributed by atoms with Crippen LogP contribution in [0.2, 0.25) is 0 Å². The van der Waals surface area contributed by atoms with Gasteiger partial charge in [-0.25, -0.2) is 0 Å².